The molecule has 5 heteroatoms. The largest absolute Gasteiger partial charge is 0.427 e. The van der Waals surface area contributed by atoms with Crippen molar-refractivity contribution in [2.45, 2.75) is 32.1 Å². The van der Waals surface area contributed by atoms with Crippen molar-refractivity contribution in [3.63, 3.8) is 0 Å². The molecule has 106 valence electrons. The van der Waals surface area contributed by atoms with Crippen molar-refractivity contribution in [1.82, 2.24) is 0 Å². The number of nitrogens with zero attached hydrogens (tertiary/aromatic N) is 1. The lowest BCUT2D eigenvalue weighted by Gasteiger charge is -2.20. The number of benzene rings is 1. The molecule has 0 radical (unpaired) electrons. The van der Waals surface area contributed by atoms with Crippen molar-refractivity contribution in [2.75, 3.05) is 0 Å². The fourth-order valence-electron chi connectivity index (χ4n) is 3.65. The van der Waals surface area contributed by atoms with Crippen LogP contribution >= 0.6 is 0 Å². The summed E-state index contributed by atoms with van der Waals surface area (Å²) in [5.41, 5.74) is -0.00194. The highest BCUT2D eigenvalue weighted by atomic mass is 16.6. The molecule has 0 heterocycles. The predicted octanol–water partition coefficient (Wildman–Crippen LogP) is 3.33. The number of carbonyl (C=O) groups is 1. The fraction of sp³-hybridized carbons (Fsp3) is 0.533. The van der Waals surface area contributed by atoms with E-state index in [1.807, 2.05) is 0 Å². The first-order valence-electron chi connectivity index (χ1n) is 7.07. The highest BCUT2D eigenvalue weighted by molar-refractivity contribution is 5.72. The fourth-order valence-corrected chi connectivity index (χ4v) is 3.65. The van der Waals surface area contributed by atoms with Crippen LogP contribution in [0.25, 0.3) is 0 Å². The first kappa shape index (κ1) is 13.1. The number of hydrogen-bond acceptors (Lipinski definition) is 4. The highest BCUT2D eigenvalue weighted by Gasteiger charge is 2.40. The number of carbonyl (C=O) groups excluding carboxylic acids is 1. The molecular weight excluding hydrogens is 258 g/mol. The molecule has 3 atom stereocenters. The normalized spacial score (nSPS) is 27.5. The Balaban J connectivity index is 1.55. The van der Waals surface area contributed by atoms with E-state index in [1.165, 1.54) is 43.5 Å². The van der Waals surface area contributed by atoms with Crippen LogP contribution in [0, 0.1) is 27.9 Å². The third kappa shape index (κ3) is 2.66. The molecule has 1 aromatic rings. The minimum atomic E-state index is -0.471. The zero-order valence-electron chi connectivity index (χ0n) is 11.2. The van der Waals surface area contributed by atoms with Crippen LogP contribution in [0.4, 0.5) is 5.69 Å². The van der Waals surface area contributed by atoms with Gasteiger partial charge in [0.2, 0.25) is 0 Å². The molecule has 0 saturated heterocycles. The van der Waals surface area contributed by atoms with Crippen molar-refractivity contribution < 1.29 is 14.5 Å². The van der Waals surface area contributed by atoms with E-state index in [2.05, 4.69) is 0 Å². The third-order valence-electron chi connectivity index (χ3n) is 4.59. The van der Waals surface area contributed by atoms with Gasteiger partial charge in [-0.25, -0.2) is 0 Å². The van der Waals surface area contributed by atoms with Crippen molar-refractivity contribution in [3.05, 3.63) is 34.4 Å². The second-order valence-corrected chi connectivity index (χ2v) is 5.86. The molecule has 2 bridgehead atoms. The predicted molar refractivity (Wildman–Crippen MR) is 72.3 cm³/mol. The molecule has 20 heavy (non-hydrogen) atoms. The molecular formula is C15H17NO4. The van der Waals surface area contributed by atoms with Crippen molar-refractivity contribution in [2.24, 2.45) is 17.8 Å². The van der Waals surface area contributed by atoms with E-state index in [1.54, 1.807) is 0 Å². The van der Waals surface area contributed by atoms with Gasteiger partial charge in [-0.2, -0.15) is 0 Å². The first-order valence-corrected chi connectivity index (χ1v) is 7.07. The summed E-state index contributed by atoms with van der Waals surface area (Å²) >= 11 is 0. The van der Waals surface area contributed by atoms with Gasteiger partial charge >= 0.3 is 5.97 Å². The molecule has 1 unspecified atom stereocenters. The van der Waals surface area contributed by atoms with Crippen LogP contribution in [0.1, 0.15) is 32.1 Å². The molecule has 0 spiro atoms. The maximum atomic E-state index is 11.9. The van der Waals surface area contributed by atoms with E-state index in [0.29, 0.717) is 24.0 Å². The van der Waals surface area contributed by atoms with Crippen LogP contribution < -0.4 is 4.74 Å². The Morgan fingerprint density at radius 3 is 2.55 bits per heavy atom. The van der Waals surface area contributed by atoms with E-state index in [9.17, 15) is 14.9 Å². The molecule has 0 N–H and O–H groups in total. The van der Waals surface area contributed by atoms with Gasteiger partial charge in [0.15, 0.2) is 0 Å². The standard InChI is InChI=1S/C15H17NO4/c17-15(9-12-8-10-1-2-11(12)7-10)20-14-5-3-13(4-6-14)16(18)19/h3-6,10-12H,1-2,7-9H2/t10-,11+,12?/m1/s1. The van der Waals surface area contributed by atoms with Gasteiger partial charge in [-0.05, 0) is 49.1 Å². The lowest BCUT2D eigenvalue weighted by atomic mass is 9.86. The Morgan fingerprint density at radius 2 is 2.00 bits per heavy atom. The topological polar surface area (TPSA) is 69.4 Å². The maximum absolute atomic E-state index is 11.9. The summed E-state index contributed by atoms with van der Waals surface area (Å²) in [6.45, 7) is 0. The molecule has 2 saturated carbocycles. The lowest BCUT2D eigenvalue weighted by Crippen LogP contribution is -2.18. The Kier molecular flexibility index (Phi) is 3.42. The zero-order chi connectivity index (χ0) is 14.1. The number of rotatable bonds is 4. The molecule has 2 aliphatic carbocycles. The molecule has 2 aliphatic rings. The Bertz CT molecular complexity index is 525. The number of non-ortho nitro benzene ring substituents is 1. The number of fused-ring (bicyclic) bond motifs is 2. The van der Waals surface area contributed by atoms with Gasteiger partial charge in [-0.1, -0.05) is 6.42 Å². The number of nitro groups is 1. The lowest BCUT2D eigenvalue weighted by molar-refractivity contribution is -0.384. The molecule has 1 aromatic carbocycles. The van der Waals surface area contributed by atoms with Crippen LogP contribution in [0.2, 0.25) is 0 Å². The quantitative estimate of drug-likeness (QED) is 0.366. The number of nitro benzene ring substituents is 1. The van der Waals surface area contributed by atoms with Crippen LogP contribution in [0.3, 0.4) is 0 Å². The third-order valence-corrected chi connectivity index (χ3v) is 4.59. The average Bonchev–Trinajstić information content (AvgIpc) is 3.01. The summed E-state index contributed by atoms with van der Waals surface area (Å²) in [4.78, 5) is 22.0. The van der Waals surface area contributed by atoms with E-state index in [-0.39, 0.29) is 11.7 Å². The first-order chi connectivity index (χ1) is 9.61. The second kappa shape index (κ2) is 5.23. The zero-order valence-corrected chi connectivity index (χ0v) is 11.2. The van der Waals surface area contributed by atoms with Crippen LogP contribution in [-0.4, -0.2) is 10.9 Å². The Labute approximate surface area is 117 Å². The SMILES string of the molecule is O=C(CC1C[C@@H]2CC[C@H]1C2)Oc1ccc([N+](=O)[O-])cc1. The molecule has 2 fully saturated rings. The molecule has 5 nitrogen and oxygen atoms in total. The summed E-state index contributed by atoms with van der Waals surface area (Å²) in [5.74, 6) is 2.14. The van der Waals surface area contributed by atoms with Crippen LogP contribution in [0.5, 0.6) is 5.75 Å². The van der Waals surface area contributed by atoms with Gasteiger partial charge in [0, 0.05) is 18.6 Å². The van der Waals surface area contributed by atoms with Crippen LogP contribution in [-0.2, 0) is 4.79 Å². The molecule has 0 amide bonds. The van der Waals surface area contributed by atoms with Gasteiger partial charge in [0.05, 0.1) is 4.92 Å². The van der Waals surface area contributed by atoms with Gasteiger partial charge in [-0.15, -0.1) is 0 Å². The van der Waals surface area contributed by atoms with Gasteiger partial charge in [0.1, 0.15) is 5.75 Å². The van der Waals surface area contributed by atoms with Crippen molar-refractivity contribution in [1.29, 1.82) is 0 Å². The molecule has 3 rings (SSSR count). The van der Waals surface area contributed by atoms with Gasteiger partial charge in [0.25, 0.3) is 5.69 Å². The Morgan fingerprint density at radius 1 is 1.25 bits per heavy atom. The maximum Gasteiger partial charge on any atom is 0.311 e. The van der Waals surface area contributed by atoms with Crippen molar-refractivity contribution in [3.8, 4) is 5.75 Å². The van der Waals surface area contributed by atoms with E-state index in [4.69, 9.17) is 4.74 Å². The number of ether oxygens (including phenoxy) is 1. The van der Waals surface area contributed by atoms with E-state index >= 15 is 0 Å². The minimum absolute atomic E-state index is 0.00194. The second-order valence-electron chi connectivity index (χ2n) is 5.86. The number of hydrogen-bond donors (Lipinski definition) is 0. The molecule has 0 aromatic heterocycles. The van der Waals surface area contributed by atoms with E-state index < -0.39 is 4.92 Å². The summed E-state index contributed by atoms with van der Waals surface area (Å²) in [6.07, 6.45) is 5.46. The van der Waals surface area contributed by atoms with Gasteiger partial charge < -0.3 is 4.74 Å². The van der Waals surface area contributed by atoms with E-state index in [0.717, 1.165) is 12.3 Å². The smallest absolute Gasteiger partial charge is 0.311 e. The average molecular weight is 275 g/mol. The molecule has 0 aliphatic heterocycles. The summed E-state index contributed by atoms with van der Waals surface area (Å²) in [5, 5.41) is 10.5. The Hall–Kier alpha value is -1.91. The summed E-state index contributed by atoms with van der Waals surface area (Å²) < 4.78 is 5.26. The van der Waals surface area contributed by atoms with Crippen LogP contribution in [0.15, 0.2) is 24.3 Å². The minimum Gasteiger partial charge on any atom is -0.427 e. The number of esters is 1. The van der Waals surface area contributed by atoms with Gasteiger partial charge in [-0.3, -0.25) is 14.9 Å². The summed E-state index contributed by atoms with van der Waals surface area (Å²) in [7, 11) is 0. The highest BCUT2D eigenvalue weighted by Crippen LogP contribution is 2.49. The van der Waals surface area contributed by atoms with Crippen molar-refractivity contribution >= 4 is 11.7 Å². The monoisotopic (exact) mass is 275 g/mol. The summed E-state index contributed by atoms with van der Waals surface area (Å²) in [6, 6.07) is 5.63.